The number of carbonyl (C=O) groups is 2. The van der Waals surface area contributed by atoms with Gasteiger partial charge >= 0.3 is 0 Å². The smallest absolute Gasteiger partial charge is 0.253 e. The van der Waals surface area contributed by atoms with Crippen LogP contribution in [0.4, 0.5) is 0 Å². The molecule has 1 aliphatic rings. The molecule has 2 amide bonds. The van der Waals surface area contributed by atoms with E-state index in [0.29, 0.717) is 55.8 Å². The second-order valence-electron chi connectivity index (χ2n) is 8.21. The summed E-state index contributed by atoms with van der Waals surface area (Å²) in [6.45, 7) is 7.98. The molecule has 1 aliphatic heterocycles. The number of nitrogens with zero attached hydrogens (tertiary/aromatic N) is 6. The molecule has 3 heterocycles. The maximum atomic E-state index is 12.8. The molecule has 0 atom stereocenters. The molecular weight excluding hydrogens is 404 g/mol. The Morgan fingerprint density at radius 2 is 1.69 bits per heavy atom. The number of benzene rings is 1. The highest BCUT2D eigenvalue weighted by atomic mass is 16.2. The fourth-order valence-corrected chi connectivity index (χ4v) is 4.18. The van der Waals surface area contributed by atoms with E-state index in [2.05, 4.69) is 16.2 Å². The van der Waals surface area contributed by atoms with Crippen LogP contribution in [-0.4, -0.2) is 62.4 Å². The van der Waals surface area contributed by atoms with Gasteiger partial charge in [0.2, 0.25) is 5.91 Å². The number of aryl methyl sites for hydroxylation is 3. The summed E-state index contributed by atoms with van der Waals surface area (Å²) in [4.78, 5) is 33.7. The van der Waals surface area contributed by atoms with Crippen LogP contribution in [0.2, 0.25) is 0 Å². The second kappa shape index (κ2) is 8.79. The summed E-state index contributed by atoms with van der Waals surface area (Å²) in [5.41, 5.74) is 5.48. The molecule has 0 N–H and O–H groups in total. The van der Waals surface area contributed by atoms with Gasteiger partial charge in [0.1, 0.15) is 11.6 Å². The van der Waals surface area contributed by atoms with Crippen LogP contribution >= 0.6 is 0 Å². The molecule has 0 unspecified atom stereocenters. The van der Waals surface area contributed by atoms with E-state index in [0.717, 1.165) is 22.5 Å². The molecule has 3 aromatic rings. The third-order valence-electron chi connectivity index (χ3n) is 6.14. The van der Waals surface area contributed by atoms with Gasteiger partial charge in [0.05, 0.1) is 6.20 Å². The molecule has 32 heavy (non-hydrogen) atoms. The van der Waals surface area contributed by atoms with Crippen molar-refractivity contribution < 1.29 is 9.59 Å². The van der Waals surface area contributed by atoms with E-state index in [1.165, 1.54) is 6.20 Å². The molecule has 0 spiro atoms. The highest BCUT2D eigenvalue weighted by Gasteiger charge is 2.25. The molecule has 0 bridgehead atoms. The molecule has 8 heteroatoms. The van der Waals surface area contributed by atoms with Crippen molar-refractivity contribution in [3.63, 3.8) is 0 Å². The Bertz CT molecular complexity index is 1210. The van der Waals surface area contributed by atoms with Crippen molar-refractivity contribution in [2.24, 2.45) is 0 Å². The number of rotatable bonds is 4. The number of piperazine rings is 1. The molecule has 1 fully saturated rings. The van der Waals surface area contributed by atoms with Crippen LogP contribution < -0.4 is 0 Å². The monoisotopic (exact) mass is 430 g/mol. The van der Waals surface area contributed by atoms with Crippen molar-refractivity contribution in [1.82, 2.24) is 24.4 Å². The third kappa shape index (κ3) is 4.06. The van der Waals surface area contributed by atoms with Gasteiger partial charge < -0.3 is 9.80 Å². The van der Waals surface area contributed by atoms with Crippen LogP contribution in [0.3, 0.4) is 0 Å². The predicted octanol–water partition coefficient (Wildman–Crippen LogP) is 2.44. The number of fused-ring (bicyclic) bond motifs is 1. The summed E-state index contributed by atoms with van der Waals surface area (Å²) in [5.74, 6) is 0.0863. The third-order valence-corrected chi connectivity index (χ3v) is 6.14. The molecule has 8 nitrogen and oxygen atoms in total. The minimum Gasteiger partial charge on any atom is -0.339 e. The van der Waals surface area contributed by atoms with E-state index in [9.17, 15) is 14.9 Å². The maximum absolute atomic E-state index is 12.8. The number of aromatic nitrogens is 3. The van der Waals surface area contributed by atoms with Crippen molar-refractivity contribution in [2.75, 3.05) is 26.2 Å². The molecule has 2 aromatic heterocycles. The fourth-order valence-electron chi connectivity index (χ4n) is 4.18. The average Bonchev–Trinajstić information content (AvgIpc) is 3.22. The first-order valence-electron chi connectivity index (χ1n) is 10.8. The van der Waals surface area contributed by atoms with Gasteiger partial charge in [-0.2, -0.15) is 10.4 Å². The Morgan fingerprint density at radius 1 is 1.03 bits per heavy atom. The summed E-state index contributed by atoms with van der Waals surface area (Å²) in [6, 6.07) is 9.69. The first kappa shape index (κ1) is 21.5. The Balaban J connectivity index is 1.36. The van der Waals surface area contributed by atoms with Crippen LogP contribution in [0.1, 0.15) is 44.9 Å². The Morgan fingerprint density at radius 3 is 2.34 bits per heavy atom. The SMILES string of the molecule is Cc1ccc(C(=O)N2CCN(C(=O)CCc3c(C)nc4c(C#N)cnn4c3C)CC2)cc1. The van der Waals surface area contributed by atoms with Gasteiger partial charge in [-0.1, -0.05) is 17.7 Å². The van der Waals surface area contributed by atoms with Gasteiger partial charge in [-0.05, 0) is 44.9 Å². The zero-order valence-electron chi connectivity index (χ0n) is 18.6. The van der Waals surface area contributed by atoms with E-state index in [4.69, 9.17) is 0 Å². The second-order valence-corrected chi connectivity index (χ2v) is 8.21. The normalized spacial score (nSPS) is 13.9. The Kier molecular flexibility index (Phi) is 5.91. The zero-order chi connectivity index (χ0) is 22.8. The fraction of sp³-hybridized carbons (Fsp3) is 0.375. The summed E-state index contributed by atoms with van der Waals surface area (Å²) in [7, 11) is 0. The highest BCUT2D eigenvalue weighted by molar-refractivity contribution is 5.94. The lowest BCUT2D eigenvalue weighted by Crippen LogP contribution is -2.50. The minimum atomic E-state index is 0.0127. The first-order valence-corrected chi connectivity index (χ1v) is 10.8. The summed E-state index contributed by atoms with van der Waals surface area (Å²) in [5, 5.41) is 13.5. The van der Waals surface area contributed by atoms with Gasteiger partial charge in [-0.3, -0.25) is 9.59 Å². The van der Waals surface area contributed by atoms with Crippen LogP contribution in [-0.2, 0) is 11.2 Å². The van der Waals surface area contributed by atoms with E-state index in [1.54, 1.807) is 4.52 Å². The van der Waals surface area contributed by atoms with E-state index < -0.39 is 0 Å². The van der Waals surface area contributed by atoms with Gasteiger partial charge in [-0.15, -0.1) is 0 Å². The van der Waals surface area contributed by atoms with Crippen molar-refractivity contribution in [3.05, 3.63) is 64.1 Å². The molecule has 164 valence electrons. The largest absolute Gasteiger partial charge is 0.339 e. The van der Waals surface area contributed by atoms with Crippen LogP contribution in [0, 0.1) is 32.1 Å². The molecule has 0 saturated carbocycles. The average molecular weight is 431 g/mol. The summed E-state index contributed by atoms with van der Waals surface area (Å²) in [6.07, 6.45) is 2.44. The Labute approximate surface area is 187 Å². The first-order chi connectivity index (χ1) is 15.4. The molecule has 4 rings (SSSR count). The van der Waals surface area contributed by atoms with E-state index >= 15 is 0 Å². The maximum Gasteiger partial charge on any atom is 0.253 e. The number of hydrogen-bond acceptors (Lipinski definition) is 5. The lowest BCUT2D eigenvalue weighted by molar-refractivity contribution is -0.132. The molecule has 0 aliphatic carbocycles. The molecular formula is C24H26N6O2. The summed E-state index contributed by atoms with van der Waals surface area (Å²) < 4.78 is 1.67. The topological polar surface area (TPSA) is 94.6 Å². The van der Waals surface area contributed by atoms with Gasteiger partial charge in [0.25, 0.3) is 5.91 Å². The van der Waals surface area contributed by atoms with E-state index in [1.807, 2.05) is 54.8 Å². The lowest BCUT2D eigenvalue weighted by Gasteiger charge is -2.35. The number of nitriles is 1. The van der Waals surface area contributed by atoms with Gasteiger partial charge in [0.15, 0.2) is 5.65 Å². The van der Waals surface area contributed by atoms with E-state index in [-0.39, 0.29) is 11.8 Å². The molecule has 0 radical (unpaired) electrons. The molecule has 1 saturated heterocycles. The van der Waals surface area contributed by atoms with Crippen molar-refractivity contribution >= 4 is 17.5 Å². The quantitative estimate of drug-likeness (QED) is 0.634. The lowest BCUT2D eigenvalue weighted by atomic mass is 10.1. The predicted molar refractivity (Wildman–Crippen MR) is 119 cm³/mol. The van der Waals surface area contributed by atoms with Gasteiger partial charge in [-0.25, -0.2) is 9.50 Å². The summed E-state index contributed by atoms with van der Waals surface area (Å²) >= 11 is 0. The van der Waals surface area contributed by atoms with Crippen molar-refractivity contribution in [3.8, 4) is 6.07 Å². The molecule has 1 aromatic carbocycles. The highest BCUT2D eigenvalue weighted by Crippen LogP contribution is 2.19. The standard InChI is InChI=1S/C24H26N6O2/c1-16-4-6-19(7-5-16)24(32)29-12-10-28(11-13-29)22(31)9-8-21-17(2)27-23-20(14-25)15-26-30(23)18(21)3/h4-7,15H,8-13H2,1-3H3. The Hall–Kier alpha value is -3.73. The minimum absolute atomic E-state index is 0.0127. The van der Waals surface area contributed by atoms with Gasteiger partial charge in [0, 0.05) is 49.6 Å². The number of carbonyl (C=O) groups excluding carboxylic acids is 2. The van der Waals surface area contributed by atoms with Crippen LogP contribution in [0.25, 0.3) is 5.65 Å². The number of hydrogen-bond donors (Lipinski definition) is 0. The van der Waals surface area contributed by atoms with Crippen LogP contribution in [0.5, 0.6) is 0 Å². The number of amides is 2. The van der Waals surface area contributed by atoms with Crippen LogP contribution in [0.15, 0.2) is 30.5 Å². The van der Waals surface area contributed by atoms with Crippen molar-refractivity contribution in [2.45, 2.75) is 33.6 Å². The zero-order valence-corrected chi connectivity index (χ0v) is 18.6. The van der Waals surface area contributed by atoms with Crippen molar-refractivity contribution in [1.29, 1.82) is 5.26 Å².